The molecular formula is C20H19N7O. The van der Waals surface area contributed by atoms with Gasteiger partial charge < -0.3 is 20.2 Å². The van der Waals surface area contributed by atoms with Crippen LogP contribution in [0.1, 0.15) is 12.0 Å². The first-order chi connectivity index (χ1) is 13.6. The van der Waals surface area contributed by atoms with Crippen LogP contribution in [0.5, 0.6) is 0 Å². The Morgan fingerprint density at radius 1 is 1.36 bits per heavy atom. The Morgan fingerprint density at radius 2 is 2.21 bits per heavy atom. The number of fused-ring (bicyclic) bond motifs is 3. The topological polar surface area (TPSA) is 111 Å². The van der Waals surface area contributed by atoms with Crippen LogP contribution in [0.3, 0.4) is 0 Å². The lowest BCUT2D eigenvalue weighted by molar-refractivity contribution is -0.120. The average Bonchev–Trinajstić information content (AvgIpc) is 3.30. The number of imidazole rings is 1. The summed E-state index contributed by atoms with van der Waals surface area (Å²) in [5, 5.41) is 15.4. The number of nitrogens with one attached hydrogen (secondary N) is 3. The third-order valence-corrected chi connectivity index (χ3v) is 4.64. The Morgan fingerprint density at radius 3 is 3.00 bits per heavy atom. The molecule has 0 unspecified atom stereocenters. The van der Waals surface area contributed by atoms with Crippen LogP contribution in [0.2, 0.25) is 0 Å². The van der Waals surface area contributed by atoms with Gasteiger partial charge in [-0.05, 0) is 23.3 Å². The van der Waals surface area contributed by atoms with E-state index in [0.717, 1.165) is 44.7 Å². The van der Waals surface area contributed by atoms with Gasteiger partial charge in [0.15, 0.2) is 5.82 Å². The van der Waals surface area contributed by atoms with E-state index >= 15 is 0 Å². The average molecular weight is 373 g/mol. The molecule has 0 aliphatic carbocycles. The Kier molecular flexibility index (Phi) is 4.41. The number of hydrogen-bond acceptors (Lipinski definition) is 5. The third-order valence-electron chi connectivity index (χ3n) is 4.64. The van der Waals surface area contributed by atoms with Crippen molar-refractivity contribution in [3.63, 3.8) is 0 Å². The molecule has 0 saturated heterocycles. The summed E-state index contributed by atoms with van der Waals surface area (Å²) < 4.78 is 1.99. The van der Waals surface area contributed by atoms with Gasteiger partial charge >= 0.3 is 0 Å². The Bertz CT molecular complexity index is 1230. The number of carbonyl (C=O) groups is 1. The Balaban J connectivity index is 1.73. The van der Waals surface area contributed by atoms with Gasteiger partial charge in [-0.1, -0.05) is 18.2 Å². The van der Waals surface area contributed by atoms with Crippen LogP contribution in [-0.4, -0.2) is 32.5 Å². The SMILES string of the molecule is CNc1nc2[nH]c(-c3cccc(CNC(=O)CC#N)c3)cc2c2c1ncn2C. The molecule has 0 aliphatic rings. The number of rotatable bonds is 5. The molecule has 0 spiro atoms. The van der Waals surface area contributed by atoms with Crippen LogP contribution < -0.4 is 10.6 Å². The minimum absolute atomic E-state index is 0.137. The lowest BCUT2D eigenvalue weighted by Crippen LogP contribution is -2.21. The van der Waals surface area contributed by atoms with Crippen LogP contribution >= 0.6 is 0 Å². The fourth-order valence-electron chi connectivity index (χ4n) is 3.31. The molecule has 1 amide bonds. The highest BCUT2D eigenvalue weighted by molar-refractivity contribution is 6.07. The molecule has 0 bridgehead atoms. The molecule has 0 saturated carbocycles. The third kappa shape index (κ3) is 3.03. The number of hydrogen-bond donors (Lipinski definition) is 3. The van der Waals surface area contributed by atoms with Crippen molar-refractivity contribution in [3.8, 4) is 17.3 Å². The van der Waals surface area contributed by atoms with Gasteiger partial charge in [0.25, 0.3) is 0 Å². The lowest BCUT2D eigenvalue weighted by atomic mass is 10.1. The molecule has 8 nitrogen and oxygen atoms in total. The number of H-pyrrole nitrogens is 1. The maximum Gasteiger partial charge on any atom is 0.234 e. The standard InChI is InChI=1S/C20H19N7O/c1-22-20-17-18(27(2)11-24-17)14-9-15(25-19(14)26-20)13-5-3-4-12(8-13)10-23-16(28)6-7-21/h3-5,8-9,11H,6,10H2,1-2H3,(H,23,28)(H2,22,25,26). The second-order valence-electron chi connectivity index (χ2n) is 6.52. The molecule has 0 aliphatic heterocycles. The van der Waals surface area contributed by atoms with Crippen molar-refractivity contribution in [2.75, 3.05) is 12.4 Å². The summed E-state index contributed by atoms with van der Waals surface area (Å²) in [6, 6.07) is 11.8. The van der Waals surface area contributed by atoms with E-state index in [9.17, 15) is 4.79 Å². The van der Waals surface area contributed by atoms with Gasteiger partial charge in [-0.25, -0.2) is 9.97 Å². The van der Waals surface area contributed by atoms with Gasteiger partial charge in [0, 0.05) is 31.7 Å². The fourth-order valence-corrected chi connectivity index (χ4v) is 3.31. The van der Waals surface area contributed by atoms with Crippen molar-refractivity contribution in [2.45, 2.75) is 13.0 Å². The smallest absolute Gasteiger partial charge is 0.234 e. The van der Waals surface area contributed by atoms with Crippen LogP contribution in [0.25, 0.3) is 33.3 Å². The monoisotopic (exact) mass is 373 g/mol. The molecule has 3 N–H and O–H groups in total. The zero-order valence-corrected chi connectivity index (χ0v) is 15.6. The molecule has 0 atom stereocenters. The first-order valence-electron chi connectivity index (χ1n) is 8.85. The summed E-state index contributed by atoms with van der Waals surface area (Å²) in [7, 11) is 3.79. The number of aromatic amines is 1. The zero-order valence-electron chi connectivity index (χ0n) is 15.6. The zero-order chi connectivity index (χ0) is 19.7. The Labute approximate surface area is 161 Å². The summed E-state index contributed by atoms with van der Waals surface area (Å²) in [6.07, 6.45) is 1.64. The maximum atomic E-state index is 11.5. The summed E-state index contributed by atoms with van der Waals surface area (Å²) in [5.74, 6) is 0.450. The van der Waals surface area contributed by atoms with Crippen molar-refractivity contribution < 1.29 is 4.79 Å². The van der Waals surface area contributed by atoms with Gasteiger partial charge in [0.1, 0.15) is 17.6 Å². The first-order valence-corrected chi connectivity index (χ1v) is 8.85. The van der Waals surface area contributed by atoms with Gasteiger partial charge in [0.2, 0.25) is 5.91 Å². The van der Waals surface area contributed by atoms with Gasteiger partial charge in [-0.15, -0.1) is 0 Å². The molecule has 1 aromatic carbocycles. The number of pyridine rings is 1. The number of amides is 1. The summed E-state index contributed by atoms with van der Waals surface area (Å²) in [6.45, 7) is 0.378. The molecule has 28 heavy (non-hydrogen) atoms. The van der Waals surface area contributed by atoms with Crippen molar-refractivity contribution in [1.82, 2.24) is 24.8 Å². The van der Waals surface area contributed by atoms with Gasteiger partial charge in [0.05, 0.1) is 17.9 Å². The highest BCUT2D eigenvalue weighted by Gasteiger charge is 2.15. The number of aryl methyl sites for hydroxylation is 1. The molecule has 0 fully saturated rings. The van der Waals surface area contributed by atoms with Gasteiger partial charge in [-0.2, -0.15) is 5.26 Å². The van der Waals surface area contributed by atoms with E-state index in [2.05, 4.69) is 31.7 Å². The minimum Gasteiger partial charge on any atom is -0.371 e. The number of benzene rings is 1. The maximum absolute atomic E-state index is 11.5. The van der Waals surface area contributed by atoms with E-state index in [1.807, 2.05) is 49.0 Å². The van der Waals surface area contributed by atoms with Crippen LogP contribution in [0, 0.1) is 11.3 Å². The summed E-state index contributed by atoms with van der Waals surface area (Å²) >= 11 is 0. The molecule has 3 heterocycles. The normalized spacial score (nSPS) is 10.9. The second kappa shape index (κ2) is 7.04. The van der Waals surface area contributed by atoms with Gasteiger partial charge in [-0.3, -0.25) is 4.79 Å². The molecule has 140 valence electrons. The van der Waals surface area contributed by atoms with E-state index in [1.54, 1.807) is 6.33 Å². The molecule has 8 heteroatoms. The fraction of sp³-hybridized carbons (Fsp3) is 0.200. The highest BCUT2D eigenvalue weighted by atomic mass is 16.1. The summed E-state index contributed by atoms with van der Waals surface area (Å²) in [4.78, 5) is 24.0. The molecular weight excluding hydrogens is 354 g/mol. The predicted molar refractivity (Wildman–Crippen MR) is 107 cm³/mol. The molecule has 0 radical (unpaired) electrons. The quantitative estimate of drug-likeness (QED) is 0.498. The van der Waals surface area contributed by atoms with E-state index in [-0.39, 0.29) is 12.3 Å². The van der Waals surface area contributed by atoms with E-state index in [4.69, 9.17) is 5.26 Å². The van der Waals surface area contributed by atoms with Crippen molar-refractivity contribution in [3.05, 3.63) is 42.2 Å². The number of aromatic nitrogens is 4. The van der Waals surface area contributed by atoms with Crippen molar-refractivity contribution >= 4 is 33.8 Å². The second-order valence-corrected chi connectivity index (χ2v) is 6.52. The lowest BCUT2D eigenvalue weighted by Gasteiger charge is -2.05. The minimum atomic E-state index is -0.277. The van der Waals surface area contributed by atoms with Crippen LogP contribution in [0.15, 0.2) is 36.7 Å². The largest absolute Gasteiger partial charge is 0.371 e. The van der Waals surface area contributed by atoms with Crippen molar-refractivity contribution in [2.24, 2.45) is 7.05 Å². The summed E-state index contributed by atoms with van der Waals surface area (Å²) in [5.41, 5.74) is 5.50. The van der Waals surface area contributed by atoms with E-state index in [1.165, 1.54) is 0 Å². The number of carbonyl (C=O) groups excluding carboxylic acids is 1. The van der Waals surface area contributed by atoms with Crippen LogP contribution in [-0.2, 0) is 18.4 Å². The predicted octanol–water partition coefficient (Wildman–Crippen LogP) is 2.69. The van der Waals surface area contributed by atoms with Crippen LogP contribution in [0.4, 0.5) is 5.82 Å². The Hall–Kier alpha value is -3.86. The van der Waals surface area contributed by atoms with E-state index in [0.29, 0.717) is 6.54 Å². The number of nitrogens with zero attached hydrogens (tertiary/aromatic N) is 4. The number of nitriles is 1. The molecule has 4 rings (SSSR count). The number of anilines is 1. The van der Waals surface area contributed by atoms with Crippen molar-refractivity contribution in [1.29, 1.82) is 5.26 Å². The van der Waals surface area contributed by atoms with E-state index < -0.39 is 0 Å². The highest BCUT2D eigenvalue weighted by Crippen LogP contribution is 2.31. The first kappa shape index (κ1) is 17.5. The molecule has 4 aromatic rings. The molecule has 3 aromatic heterocycles.